The van der Waals surface area contributed by atoms with Crippen molar-refractivity contribution in [2.45, 2.75) is 57.9 Å². The minimum absolute atomic E-state index is 0.589. The minimum atomic E-state index is 0.589. The first-order valence-corrected chi connectivity index (χ1v) is 7.08. The lowest BCUT2D eigenvalue weighted by atomic mass is 9.94. The molecular weight excluding hydrogens is 210 g/mol. The second-order valence-electron chi connectivity index (χ2n) is 5.20. The molecule has 1 aromatic rings. The first-order chi connectivity index (χ1) is 8.36. The van der Waals surface area contributed by atoms with Crippen molar-refractivity contribution in [1.29, 1.82) is 0 Å². The summed E-state index contributed by atoms with van der Waals surface area (Å²) in [6.45, 7) is 3.03. The van der Waals surface area contributed by atoms with E-state index in [4.69, 9.17) is 5.73 Å². The van der Waals surface area contributed by atoms with Crippen LogP contribution in [0.3, 0.4) is 0 Å². The van der Waals surface area contributed by atoms with E-state index in [1.54, 1.807) is 0 Å². The van der Waals surface area contributed by atoms with Crippen LogP contribution in [0.1, 0.15) is 57.3 Å². The summed E-state index contributed by atoms with van der Waals surface area (Å²) < 4.78 is 2.41. The molecule has 2 N–H and O–H groups in total. The highest BCUT2D eigenvalue weighted by Gasteiger charge is 2.25. The molecule has 2 unspecified atom stereocenters. The van der Waals surface area contributed by atoms with Gasteiger partial charge < -0.3 is 10.3 Å². The summed E-state index contributed by atoms with van der Waals surface area (Å²) in [5, 5.41) is 0. The number of hydrogen-bond acceptors (Lipinski definition) is 2. The van der Waals surface area contributed by atoms with E-state index >= 15 is 0 Å². The first kappa shape index (κ1) is 12.6. The topological polar surface area (TPSA) is 43.8 Å². The number of hydrogen-bond donors (Lipinski definition) is 1. The van der Waals surface area contributed by atoms with E-state index in [9.17, 15) is 0 Å². The van der Waals surface area contributed by atoms with Gasteiger partial charge in [-0.15, -0.1) is 0 Å². The fourth-order valence-corrected chi connectivity index (χ4v) is 3.07. The Morgan fingerprint density at radius 2 is 2.18 bits per heavy atom. The average molecular weight is 235 g/mol. The second kappa shape index (κ2) is 6.20. The van der Waals surface area contributed by atoms with Crippen LogP contribution in [0.2, 0.25) is 0 Å². The van der Waals surface area contributed by atoms with Crippen LogP contribution < -0.4 is 5.73 Å². The van der Waals surface area contributed by atoms with Crippen LogP contribution in [0.15, 0.2) is 12.4 Å². The lowest BCUT2D eigenvalue weighted by molar-refractivity contribution is 0.310. The van der Waals surface area contributed by atoms with Gasteiger partial charge in [-0.2, -0.15) is 0 Å². The Labute approximate surface area is 104 Å². The lowest BCUT2D eigenvalue weighted by Crippen LogP contribution is -2.26. The predicted octanol–water partition coefficient (Wildman–Crippen LogP) is 2.92. The van der Waals surface area contributed by atoms with Crippen molar-refractivity contribution in [1.82, 2.24) is 9.55 Å². The summed E-state index contributed by atoms with van der Waals surface area (Å²) in [5.74, 6) is 1.89. The van der Waals surface area contributed by atoms with Crippen LogP contribution in [0.25, 0.3) is 0 Å². The molecule has 0 bridgehead atoms. The van der Waals surface area contributed by atoms with Crippen molar-refractivity contribution in [3.8, 4) is 0 Å². The molecule has 17 heavy (non-hydrogen) atoms. The van der Waals surface area contributed by atoms with Gasteiger partial charge in [0, 0.05) is 24.9 Å². The molecule has 2 rings (SSSR count). The Morgan fingerprint density at radius 1 is 1.35 bits per heavy atom. The van der Waals surface area contributed by atoms with Crippen LogP contribution in [0.5, 0.6) is 0 Å². The van der Waals surface area contributed by atoms with Crippen LogP contribution in [-0.4, -0.2) is 16.1 Å². The van der Waals surface area contributed by atoms with Crippen molar-refractivity contribution >= 4 is 0 Å². The van der Waals surface area contributed by atoms with Gasteiger partial charge in [0.1, 0.15) is 5.82 Å². The van der Waals surface area contributed by atoms with Gasteiger partial charge in [-0.3, -0.25) is 0 Å². The van der Waals surface area contributed by atoms with Crippen LogP contribution >= 0.6 is 0 Å². The number of nitrogens with zero attached hydrogens (tertiary/aromatic N) is 2. The quantitative estimate of drug-likeness (QED) is 0.815. The summed E-state index contributed by atoms with van der Waals surface area (Å²) in [6, 6.07) is 0.589. The van der Waals surface area contributed by atoms with Gasteiger partial charge >= 0.3 is 0 Å². The number of imidazole rings is 1. The smallest absolute Gasteiger partial charge is 0.108 e. The molecule has 2 atom stereocenters. The fourth-order valence-electron chi connectivity index (χ4n) is 3.07. The molecule has 0 radical (unpaired) electrons. The Bertz CT molecular complexity index is 332. The normalized spacial score (nSPS) is 25.8. The van der Waals surface area contributed by atoms with E-state index in [-0.39, 0.29) is 0 Å². The van der Waals surface area contributed by atoms with Crippen molar-refractivity contribution in [2.75, 3.05) is 6.54 Å². The molecule has 96 valence electrons. The monoisotopic (exact) mass is 235 g/mol. The molecule has 1 aromatic heterocycles. The number of aromatic nitrogens is 2. The van der Waals surface area contributed by atoms with Gasteiger partial charge in [0.2, 0.25) is 0 Å². The molecule has 0 spiro atoms. The van der Waals surface area contributed by atoms with E-state index in [2.05, 4.69) is 22.7 Å². The van der Waals surface area contributed by atoms with E-state index < -0.39 is 0 Å². The summed E-state index contributed by atoms with van der Waals surface area (Å²) in [5.41, 5.74) is 5.96. The van der Waals surface area contributed by atoms with Gasteiger partial charge in [-0.05, 0) is 31.7 Å². The Kier molecular flexibility index (Phi) is 4.60. The molecule has 1 fully saturated rings. The molecular formula is C14H25N3. The molecule has 1 heterocycles. The van der Waals surface area contributed by atoms with Gasteiger partial charge in [0.15, 0.2) is 0 Å². The second-order valence-corrected chi connectivity index (χ2v) is 5.20. The summed E-state index contributed by atoms with van der Waals surface area (Å²) >= 11 is 0. The predicted molar refractivity (Wildman–Crippen MR) is 70.9 cm³/mol. The maximum atomic E-state index is 5.96. The summed E-state index contributed by atoms with van der Waals surface area (Å²) in [6.07, 6.45) is 13.0. The van der Waals surface area contributed by atoms with E-state index in [0.29, 0.717) is 12.0 Å². The van der Waals surface area contributed by atoms with Crippen LogP contribution in [0.4, 0.5) is 0 Å². The SMILES string of the molecule is CCCc1nccn1C1CCCCCC1CN. The van der Waals surface area contributed by atoms with E-state index in [1.807, 2.05) is 6.20 Å². The highest BCUT2D eigenvalue weighted by molar-refractivity contribution is 4.97. The van der Waals surface area contributed by atoms with Crippen LogP contribution in [-0.2, 0) is 6.42 Å². The Balaban J connectivity index is 2.19. The third kappa shape index (κ3) is 2.89. The zero-order chi connectivity index (χ0) is 12.1. The van der Waals surface area contributed by atoms with Crippen molar-refractivity contribution < 1.29 is 0 Å². The van der Waals surface area contributed by atoms with Crippen LogP contribution in [0, 0.1) is 5.92 Å². The molecule has 3 nitrogen and oxygen atoms in total. The molecule has 0 amide bonds. The standard InChI is InChI=1S/C14H25N3/c1-2-6-14-16-9-10-17(14)13-8-5-3-4-7-12(13)11-15/h9-10,12-13H,2-8,11,15H2,1H3. The molecule has 3 heteroatoms. The average Bonchev–Trinajstić information content (AvgIpc) is 2.66. The number of nitrogens with two attached hydrogens (primary N) is 1. The number of rotatable bonds is 4. The maximum Gasteiger partial charge on any atom is 0.108 e. The van der Waals surface area contributed by atoms with Gasteiger partial charge in [-0.1, -0.05) is 26.2 Å². The largest absolute Gasteiger partial charge is 0.332 e. The van der Waals surface area contributed by atoms with Gasteiger partial charge in [0.05, 0.1) is 0 Å². The molecule has 1 saturated carbocycles. The highest BCUT2D eigenvalue weighted by Crippen LogP contribution is 2.32. The number of aryl methyl sites for hydroxylation is 1. The molecule has 0 aromatic carbocycles. The molecule has 0 saturated heterocycles. The van der Waals surface area contributed by atoms with Gasteiger partial charge in [-0.25, -0.2) is 4.98 Å². The van der Waals surface area contributed by atoms with Gasteiger partial charge in [0.25, 0.3) is 0 Å². The zero-order valence-electron chi connectivity index (χ0n) is 10.9. The Morgan fingerprint density at radius 3 is 2.94 bits per heavy atom. The van der Waals surface area contributed by atoms with Crippen molar-refractivity contribution in [2.24, 2.45) is 11.7 Å². The first-order valence-electron chi connectivity index (χ1n) is 7.08. The third-order valence-corrected chi connectivity index (χ3v) is 4.00. The summed E-state index contributed by atoms with van der Waals surface area (Å²) in [4.78, 5) is 4.50. The van der Waals surface area contributed by atoms with Crippen molar-refractivity contribution in [3.05, 3.63) is 18.2 Å². The summed E-state index contributed by atoms with van der Waals surface area (Å²) in [7, 11) is 0. The van der Waals surface area contributed by atoms with E-state index in [1.165, 1.54) is 37.9 Å². The molecule has 1 aliphatic carbocycles. The lowest BCUT2D eigenvalue weighted by Gasteiger charge is -2.26. The van der Waals surface area contributed by atoms with Crippen molar-refractivity contribution in [3.63, 3.8) is 0 Å². The minimum Gasteiger partial charge on any atom is -0.332 e. The maximum absolute atomic E-state index is 5.96. The molecule has 1 aliphatic rings. The molecule has 0 aliphatic heterocycles. The fraction of sp³-hybridized carbons (Fsp3) is 0.786. The highest BCUT2D eigenvalue weighted by atomic mass is 15.1. The third-order valence-electron chi connectivity index (χ3n) is 4.00. The zero-order valence-corrected chi connectivity index (χ0v) is 10.9. The Hall–Kier alpha value is -0.830. The van der Waals surface area contributed by atoms with E-state index in [0.717, 1.165) is 19.4 Å².